The van der Waals surface area contributed by atoms with Gasteiger partial charge in [-0.05, 0) is 63.0 Å². The number of ketones is 1. The number of esters is 2. The van der Waals surface area contributed by atoms with Crippen LogP contribution in [0.25, 0.3) is 0 Å². The van der Waals surface area contributed by atoms with Gasteiger partial charge in [-0.3, -0.25) is 14.4 Å². The summed E-state index contributed by atoms with van der Waals surface area (Å²) >= 11 is 0. The van der Waals surface area contributed by atoms with Gasteiger partial charge in [-0.15, -0.1) is 0 Å². The van der Waals surface area contributed by atoms with Gasteiger partial charge in [0.05, 0.1) is 25.4 Å². The minimum absolute atomic E-state index is 0.0170. The molecule has 0 heterocycles. The van der Waals surface area contributed by atoms with Crippen LogP contribution in [0.2, 0.25) is 0 Å². The molecular weight excluding hydrogens is 412 g/mol. The van der Waals surface area contributed by atoms with E-state index in [4.69, 9.17) is 9.47 Å². The SMILES string of the molecule is CCOC(=O)C(C(=O)OC)[C@@]1(O)CC[C@H]2[C@@H]3CCC4=CC(=O)C=C[C@]4(C)[C@H]3C(O)C[C@@]21C. The number of rotatable bonds is 4. The van der Waals surface area contributed by atoms with Crippen LogP contribution in [0.5, 0.6) is 0 Å². The summed E-state index contributed by atoms with van der Waals surface area (Å²) in [4.78, 5) is 37.4. The Hall–Kier alpha value is -1.99. The van der Waals surface area contributed by atoms with Crippen molar-refractivity contribution in [2.45, 2.75) is 64.6 Å². The number of carbonyl (C=O) groups excluding carboxylic acids is 3. The van der Waals surface area contributed by atoms with Crippen LogP contribution in [-0.2, 0) is 23.9 Å². The number of aliphatic hydroxyl groups is 2. The van der Waals surface area contributed by atoms with Crippen LogP contribution < -0.4 is 0 Å². The molecule has 8 atom stereocenters. The van der Waals surface area contributed by atoms with Crippen molar-refractivity contribution >= 4 is 17.7 Å². The van der Waals surface area contributed by atoms with Crippen LogP contribution in [0, 0.1) is 34.5 Å². The third-order valence-corrected chi connectivity index (χ3v) is 9.15. The Bertz CT molecular complexity index is 891. The van der Waals surface area contributed by atoms with E-state index in [-0.39, 0.29) is 43.0 Å². The van der Waals surface area contributed by atoms with Crippen molar-refractivity contribution in [3.63, 3.8) is 0 Å². The molecule has 4 rings (SSSR count). The minimum atomic E-state index is -1.67. The van der Waals surface area contributed by atoms with Crippen molar-refractivity contribution < 1.29 is 34.1 Å². The first-order valence-corrected chi connectivity index (χ1v) is 11.6. The van der Waals surface area contributed by atoms with Gasteiger partial charge < -0.3 is 19.7 Å². The molecule has 0 amide bonds. The maximum absolute atomic E-state index is 12.8. The van der Waals surface area contributed by atoms with Crippen LogP contribution in [0.15, 0.2) is 23.8 Å². The van der Waals surface area contributed by atoms with Gasteiger partial charge in [-0.25, -0.2) is 0 Å². The summed E-state index contributed by atoms with van der Waals surface area (Å²) in [6.07, 6.45) is 7.19. The Balaban J connectivity index is 1.73. The number of methoxy groups -OCH3 is 1. The van der Waals surface area contributed by atoms with Crippen molar-refractivity contribution in [3.05, 3.63) is 23.8 Å². The van der Waals surface area contributed by atoms with Crippen molar-refractivity contribution in [3.8, 4) is 0 Å². The standard InChI is InChI=1S/C25H34O7/c1-5-32-22(29)20(21(28)31-4)25(30)11-9-17-16-7-6-14-12-15(26)8-10-23(14,2)19(16)18(27)13-24(17,25)3/h8,10,12,16-20,27,30H,5-7,9,11,13H2,1-4H3/t16-,17-,18?,19+,20?,23-,24-,25-/m0/s1. The minimum Gasteiger partial charge on any atom is -0.468 e. The molecule has 0 aliphatic heterocycles. The Morgan fingerprint density at radius 3 is 2.62 bits per heavy atom. The quantitative estimate of drug-likeness (QED) is 0.504. The second kappa shape index (κ2) is 7.80. The van der Waals surface area contributed by atoms with Crippen LogP contribution in [0.4, 0.5) is 0 Å². The normalized spacial score (nSPS) is 43.4. The first-order chi connectivity index (χ1) is 15.0. The van der Waals surface area contributed by atoms with Gasteiger partial charge in [0.1, 0.15) is 0 Å². The zero-order chi connectivity index (χ0) is 23.5. The number of aliphatic hydroxyl groups excluding tert-OH is 1. The zero-order valence-corrected chi connectivity index (χ0v) is 19.3. The van der Waals surface area contributed by atoms with E-state index in [0.29, 0.717) is 6.42 Å². The smallest absolute Gasteiger partial charge is 0.323 e. The fourth-order valence-electron chi connectivity index (χ4n) is 7.67. The number of hydrogen-bond acceptors (Lipinski definition) is 7. The predicted octanol–water partition coefficient (Wildman–Crippen LogP) is 2.35. The Morgan fingerprint density at radius 1 is 1.25 bits per heavy atom. The molecule has 2 unspecified atom stereocenters. The van der Waals surface area contributed by atoms with Gasteiger partial charge in [0, 0.05) is 16.7 Å². The molecule has 7 nitrogen and oxygen atoms in total. The molecule has 4 aliphatic carbocycles. The Kier molecular flexibility index (Phi) is 5.65. The van der Waals surface area contributed by atoms with E-state index < -0.39 is 40.4 Å². The molecule has 3 fully saturated rings. The van der Waals surface area contributed by atoms with E-state index in [1.165, 1.54) is 7.11 Å². The summed E-state index contributed by atoms with van der Waals surface area (Å²) in [5, 5.41) is 23.4. The number of fused-ring (bicyclic) bond motifs is 5. The van der Waals surface area contributed by atoms with Crippen molar-refractivity contribution in [1.82, 2.24) is 0 Å². The highest BCUT2D eigenvalue weighted by molar-refractivity contribution is 6.01. The second-order valence-electron chi connectivity index (χ2n) is 10.4. The van der Waals surface area contributed by atoms with Crippen LogP contribution >= 0.6 is 0 Å². The zero-order valence-electron chi connectivity index (χ0n) is 19.3. The molecule has 2 N–H and O–H groups in total. The highest BCUT2D eigenvalue weighted by atomic mass is 16.6. The van der Waals surface area contributed by atoms with Gasteiger partial charge in [0.15, 0.2) is 11.7 Å². The molecule has 0 spiro atoms. The molecule has 0 aromatic heterocycles. The van der Waals surface area contributed by atoms with Crippen LogP contribution in [0.3, 0.4) is 0 Å². The fourth-order valence-corrected chi connectivity index (χ4v) is 7.67. The largest absolute Gasteiger partial charge is 0.468 e. The van der Waals surface area contributed by atoms with E-state index in [1.54, 1.807) is 19.1 Å². The van der Waals surface area contributed by atoms with Gasteiger partial charge in [-0.1, -0.05) is 25.5 Å². The monoisotopic (exact) mass is 446 g/mol. The number of ether oxygens (including phenoxy) is 2. The molecule has 7 heteroatoms. The van der Waals surface area contributed by atoms with Crippen molar-refractivity contribution in [2.75, 3.05) is 13.7 Å². The third-order valence-electron chi connectivity index (χ3n) is 9.15. The van der Waals surface area contributed by atoms with Crippen molar-refractivity contribution in [1.29, 1.82) is 0 Å². The van der Waals surface area contributed by atoms with E-state index >= 15 is 0 Å². The lowest BCUT2D eigenvalue weighted by molar-refractivity contribution is -0.204. The molecule has 176 valence electrons. The second-order valence-corrected chi connectivity index (χ2v) is 10.4. The molecule has 4 aliphatic rings. The first kappa shape index (κ1) is 23.2. The van der Waals surface area contributed by atoms with Gasteiger partial charge >= 0.3 is 11.9 Å². The number of allylic oxidation sites excluding steroid dienone is 4. The maximum Gasteiger partial charge on any atom is 0.323 e. The van der Waals surface area contributed by atoms with Gasteiger partial charge in [0.2, 0.25) is 0 Å². The Morgan fingerprint density at radius 2 is 1.97 bits per heavy atom. The summed E-state index contributed by atoms with van der Waals surface area (Å²) in [7, 11) is 1.20. The van der Waals surface area contributed by atoms with Crippen molar-refractivity contribution in [2.24, 2.45) is 34.5 Å². The third kappa shape index (κ3) is 3.04. The number of hydrogen-bond donors (Lipinski definition) is 2. The molecule has 0 bridgehead atoms. The first-order valence-electron chi connectivity index (χ1n) is 11.6. The average Bonchev–Trinajstić information content (AvgIpc) is 2.99. The molecule has 32 heavy (non-hydrogen) atoms. The molecule has 0 saturated heterocycles. The van der Waals surface area contributed by atoms with E-state index in [9.17, 15) is 24.6 Å². The summed E-state index contributed by atoms with van der Waals surface area (Å²) in [5.41, 5.74) is -1.88. The summed E-state index contributed by atoms with van der Waals surface area (Å²) < 4.78 is 10.1. The fraction of sp³-hybridized carbons (Fsp3) is 0.720. The number of carbonyl (C=O) groups is 3. The molecule has 0 radical (unpaired) electrons. The lowest BCUT2D eigenvalue weighted by Gasteiger charge is -2.60. The summed E-state index contributed by atoms with van der Waals surface area (Å²) in [6, 6.07) is 0. The average molecular weight is 447 g/mol. The predicted molar refractivity (Wildman–Crippen MR) is 115 cm³/mol. The highest BCUT2D eigenvalue weighted by Crippen LogP contribution is 2.68. The van der Waals surface area contributed by atoms with E-state index in [2.05, 4.69) is 6.92 Å². The van der Waals surface area contributed by atoms with Crippen LogP contribution in [0.1, 0.15) is 52.9 Å². The van der Waals surface area contributed by atoms with E-state index in [1.807, 2.05) is 13.0 Å². The summed E-state index contributed by atoms with van der Waals surface area (Å²) in [5.74, 6) is -3.03. The lowest BCUT2D eigenvalue weighted by atomic mass is 9.45. The molecular formula is C25H34O7. The van der Waals surface area contributed by atoms with Gasteiger partial charge in [-0.2, -0.15) is 0 Å². The van der Waals surface area contributed by atoms with Crippen LogP contribution in [-0.4, -0.2) is 53.4 Å². The Labute approximate surface area is 188 Å². The molecule has 0 aromatic rings. The topological polar surface area (TPSA) is 110 Å². The summed E-state index contributed by atoms with van der Waals surface area (Å²) in [6.45, 7) is 5.73. The molecule has 3 saturated carbocycles. The lowest BCUT2D eigenvalue weighted by Crippen LogP contribution is -2.63. The highest BCUT2D eigenvalue weighted by Gasteiger charge is 2.70. The molecule has 0 aromatic carbocycles. The maximum atomic E-state index is 12.8. The van der Waals surface area contributed by atoms with Gasteiger partial charge in [0.25, 0.3) is 0 Å². The van der Waals surface area contributed by atoms with E-state index in [0.717, 1.165) is 18.4 Å².